The molecule has 0 bridgehead atoms. The van der Waals surface area contributed by atoms with Crippen molar-refractivity contribution in [2.24, 2.45) is 5.92 Å². The molecule has 0 fully saturated rings. The zero-order chi connectivity index (χ0) is 24.9. The predicted molar refractivity (Wildman–Crippen MR) is 140 cm³/mol. The molecule has 186 valence electrons. The first-order valence-corrected chi connectivity index (χ1v) is 12.8. The standard InChI is InChI=1S/C31H33NO4/c1-2-35-31-26(16-9-17-33)28(19-29(36-31)30(34)32-20-21-10-4-3-5-11-21)25-15-8-14-24-23-13-7-6-12-22(23)18-27(24)25/h3-8,10-15,19,26,28,31,33H,2,9,16-18,20H2,1H3,(H,32,34)/t26-,28-,31-/m0/s1. The van der Waals surface area contributed by atoms with Crippen LogP contribution >= 0.6 is 0 Å². The highest BCUT2D eigenvalue weighted by molar-refractivity contribution is 5.91. The Morgan fingerprint density at radius 1 is 1.03 bits per heavy atom. The molecular formula is C31H33NO4. The number of fused-ring (bicyclic) bond motifs is 3. The zero-order valence-corrected chi connectivity index (χ0v) is 20.7. The number of nitrogens with one attached hydrogen (secondary N) is 1. The zero-order valence-electron chi connectivity index (χ0n) is 20.7. The summed E-state index contributed by atoms with van der Waals surface area (Å²) < 4.78 is 12.2. The summed E-state index contributed by atoms with van der Waals surface area (Å²) in [5.74, 6) is -0.0330. The lowest BCUT2D eigenvalue weighted by Crippen LogP contribution is -2.39. The highest BCUT2D eigenvalue weighted by Gasteiger charge is 2.39. The highest BCUT2D eigenvalue weighted by atomic mass is 16.7. The lowest BCUT2D eigenvalue weighted by atomic mass is 9.78. The first-order chi connectivity index (χ1) is 17.7. The van der Waals surface area contributed by atoms with Crippen molar-refractivity contribution in [1.29, 1.82) is 0 Å². The molecule has 2 N–H and O–H groups in total. The van der Waals surface area contributed by atoms with E-state index >= 15 is 0 Å². The van der Waals surface area contributed by atoms with Crippen LogP contribution in [0.3, 0.4) is 0 Å². The van der Waals surface area contributed by atoms with Gasteiger partial charge in [-0.1, -0.05) is 72.8 Å². The third-order valence-electron chi connectivity index (χ3n) is 7.18. The monoisotopic (exact) mass is 483 g/mol. The smallest absolute Gasteiger partial charge is 0.286 e. The maximum absolute atomic E-state index is 13.2. The van der Waals surface area contributed by atoms with Crippen LogP contribution in [0.25, 0.3) is 11.1 Å². The quantitative estimate of drug-likeness (QED) is 0.338. The first-order valence-electron chi connectivity index (χ1n) is 12.8. The molecule has 5 nitrogen and oxygen atoms in total. The van der Waals surface area contributed by atoms with Crippen LogP contribution in [0.2, 0.25) is 0 Å². The van der Waals surface area contributed by atoms with Crippen molar-refractivity contribution >= 4 is 5.91 Å². The number of carbonyl (C=O) groups excluding carboxylic acids is 1. The molecule has 1 aliphatic heterocycles. The second-order valence-corrected chi connectivity index (χ2v) is 9.40. The summed E-state index contributed by atoms with van der Waals surface area (Å²) in [5.41, 5.74) is 7.39. The van der Waals surface area contributed by atoms with Gasteiger partial charge in [-0.3, -0.25) is 4.79 Å². The Labute approximate surface area is 212 Å². The van der Waals surface area contributed by atoms with Gasteiger partial charge in [-0.25, -0.2) is 0 Å². The minimum atomic E-state index is -0.561. The average molecular weight is 484 g/mol. The van der Waals surface area contributed by atoms with Crippen LogP contribution in [0, 0.1) is 5.92 Å². The number of benzene rings is 3. The van der Waals surface area contributed by atoms with Gasteiger partial charge in [0, 0.05) is 31.6 Å². The van der Waals surface area contributed by atoms with E-state index in [1.54, 1.807) is 0 Å². The van der Waals surface area contributed by atoms with Gasteiger partial charge < -0.3 is 19.9 Å². The molecule has 1 amide bonds. The van der Waals surface area contributed by atoms with E-state index in [-0.39, 0.29) is 24.3 Å². The van der Waals surface area contributed by atoms with E-state index in [4.69, 9.17) is 9.47 Å². The molecule has 2 aliphatic rings. The van der Waals surface area contributed by atoms with Crippen molar-refractivity contribution < 1.29 is 19.4 Å². The van der Waals surface area contributed by atoms with Gasteiger partial charge in [-0.05, 0) is 65.6 Å². The molecule has 36 heavy (non-hydrogen) atoms. The number of allylic oxidation sites excluding steroid dienone is 1. The molecule has 0 saturated heterocycles. The van der Waals surface area contributed by atoms with Gasteiger partial charge in [0.1, 0.15) is 0 Å². The fourth-order valence-electron chi connectivity index (χ4n) is 5.48. The van der Waals surface area contributed by atoms with Crippen molar-refractivity contribution in [1.82, 2.24) is 5.32 Å². The number of rotatable bonds is 9. The molecule has 3 aromatic rings. The van der Waals surface area contributed by atoms with Crippen molar-refractivity contribution in [2.75, 3.05) is 13.2 Å². The number of ether oxygens (including phenoxy) is 2. The molecule has 3 aromatic carbocycles. The van der Waals surface area contributed by atoms with Crippen LogP contribution < -0.4 is 5.32 Å². The summed E-state index contributed by atoms with van der Waals surface area (Å²) >= 11 is 0. The SMILES string of the molecule is CCO[C@H]1OC(C(=O)NCc2ccccc2)=C[C@@H](c2cccc3c2Cc2ccccc2-3)[C@@H]1CCCO. The highest BCUT2D eigenvalue weighted by Crippen LogP contribution is 2.45. The summed E-state index contributed by atoms with van der Waals surface area (Å²) in [7, 11) is 0. The Kier molecular flexibility index (Phi) is 7.49. The van der Waals surface area contributed by atoms with Crippen LogP contribution in [0.15, 0.2) is 84.6 Å². The van der Waals surface area contributed by atoms with Gasteiger partial charge in [0.15, 0.2) is 5.76 Å². The lowest BCUT2D eigenvalue weighted by molar-refractivity contribution is -0.166. The normalized spacial score (nSPS) is 20.2. The van der Waals surface area contributed by atoms with E-state index in [0.29, 0.717) is 25.3 Å². The van der Waals surface area contributed by atoms with Crippen LogP contribution in [0.4, 0.5) is 0 Å². The van der Waals surface area contributed by atoms with Gasteiger partial charge in [0.25, 0.3) is 5.91 Å². The van der Waals surface area contributed by atoms with Crippen LogP contribution in [0.5, 0.6) is 0 Å². The largest absolute Gasteiger partial charge is 0.459 e. The second-order valence-electron chi connectivity index (χ2n) is 9.40. The number of hydrogen-bond acceptors (Lipinski definition) is 4. The van der Waals surface area contributed by atoms with E-state index in [1.807, 2.05) is 43.3 Å². The molecule has 0 saturated carbocycles. The molecule has 1 aliphatic carbocycles. The average Bonchev–Trinajstić information content (AvgIpc) is 3.30. The van der Waals surface area contributed by atoms with Gasteiger partial charge in [0.2, 0.25) is 6.29 Å². The molecule has 5 heteroatoms. The van der Waals surface area contributed by atoms with Crippen LogP contribution in [-0.2, 0) is 27.2 Å². The molecule has 0 radical (unpaired) electrons. The van der Waals surface area contributed by atoms with Crippen molar-refractivity contribution in [3.8, 4) is 11.1 Å². The number of amides is 1. The number of aliphatic hydroxyl groups is 1. The Hall–Kier alpha value is -3.41. The van der Waals surface area contributed by atoms with Crippen molar-refractivity contribution in [3.63, 3.8) is 0 Å². The lowest BCUT2D eigenvalue weighted by Gasteiger charge is -2.37. The van der Waals surface area contributed by atoms with Gasteiger partial charge in [-0.2, -0.15) is 0 Å². The minimum Gasteiger partial charge on any atom is -0.459 e. The first kappa shape index (κ1) is 24.3. The van der Waals surface area contributed by atoms with Gasteiger partial charge >= 0.3 is 0 Å². The summed E-state index contributed by atoms with van der Waals surface area (Å²) in [6.07, 6.45) is 3.66. The molecule has 5 rings (SSSR count). The Morgan fingerprint density at radius 2 is 1.81 bits per heavy atom. The number of carbonyl (C=O) groups is 1. The fraction of sp³-hybridized carbons (Fsp3) is 0.323. The van der Waals surface area contributed by atoms with E-state index in [0.717, 1.165) is 18.4 Å². The molecule has 0 aromatic heterocycles. The summed E-state index contributed by atoms with van der Waals surface area (Å²) in [5, 5.41) is 12.6. The van der Waals surface area contributed by atoms with Crippen molar-refractivity contribution in [3.05, 3.63) is 107 Å². The maximum Gasteiger partial charge on any atom is 0.286 e. The molecular weight excluding hydrogens is 450 g/mol. The van der Waals surface area contributed by atoms with Gasteiger partial charge in [-0.15, -0.1) is 0 Å². The number of aliphatic hydroxyl groups excluding tert-OH is 1. The third kappa shape index (κ3) is 4.95. The molecule has 1 heterocycles. The van der Waals surface area contributed by atoms with E-state index in [9.17, 15) is 9.90 Å². The molecule has 0 spiro atoms. The maximum atomic E-state index is 13.2. The van der Waals surface area contributed by atoms with Crippen molar-refractivity contribution in [2.45, 2.75) is 44.9 Å². The Balaban J connectivity index is 1.50. The van der Waals surface area contributed by atoms with E-state index in [2.05, 4.69) is 47.8 Å². The Morgan fingerprint density at radius 3 is 2.61 bits per heavy atom. The second kappa shape index (κ2) is 11.1. The van der Waals surface area contributed by atoms with Crippen LogP contribution in [0.1, 0.15) is 47.9 Å². The van der Waals surface area contributed by atoms with E-state index in [1.165, 1.54) is 27.8 Å². The fourth-order valence-corrected chi connectivity index (χ4v) is 5.48. The third-order valence-corrected chi connectivity index (χ3v) is 7.18. The Bertz CT molecular complexity index is 1240. The van der Waals surface area contributed by atoms with E-state index < -0.39 is 6.29 Å². The summed E-state index contributed by atoms with van der Waals surface area (Å²) in [6.45, 7) is 2.94. The predicted octanol–water partition coefficient (Wildman–Crippen LogP) is 5.32. The molecule has 3 atom stereocenters. The van der Waals surface area contributed by atoms with Crippen LogP contribution in [-0.4, -0.2) is 30.5 Å². The minimum absolute atomic E-state index is 0.0158. The summed E-state index contributed by atoms with van der Waals surface area (Å²) in [4.78, 5) is 13.2. The topological polar surface area (TPSA) is 67.8 Å². The summed E-state index contributed by atoms with van der Waals surface area (Å²) in [6, 6.07) is 24.8. The number of hydrogen-bond donors (Lipinski definition) is 2. The van der Waals surface area contributed by atoms with Gasteiger partial charge in [0.05, 0.1) is 0 Å². The molecule has 0 unspecified atom stereocenters.